The Kier molecular flexibility index (Phi) is 3.26. The molecule has 1 heterocycles. The molecule has 0 aromatic rings. The molecule has 0 spiro atoms. The van der Waals surface area contributed by atoms with Crippen molar-refractivity contribution < 1.29 is 9.59 Å². The van der Waals surface area contributed by atoms with Crippen molar-refractivity contribution in [1.29, 1.82) is 0 Å². The van der Waals surface area contributed by atoms with E-state index < -0.39 is 0 Å². The molecular weight excluding hydrogens is 154 g/mol. The fourth-order valence-corrected chi connectivity index (χ4v) is 1.68. The minimum absolute atomic E-state index is 0.130. The fourth-order valence-electron chi connectivity index (χ4n) is 1.68. The van der Waals surface area contributed by atoms with E-state index >= 15 is 0 Å². The van der Waals surface area contributed by atoms with Crippen LogP contribution >= 0.6 is 0 Å². The predicted molar refractivity (Wildman–Crippen MR) is 45.7 cm³/mol. The molecule has 68 valence electrons. The fraction of sp³-hybridized carbons (Fsp3) is 0.778. The molecule has 1 rings (SSSR count). The maximum atomic E-state index is 11.0. The van der Waals surface area contributed by atoms with Crippen LogP contribution in [0.3, 0.4) is 0 Å². The van der Waals surface area contributed by atoms with Crippen LogP contribution in [0.5, 0.6) is 0 Å². The summed E-state index contributed by atoms with van der Waals surface area (Å²) in [6.07, 6.45) is 3.68. The van der Waals surface area contributed by atoms with Gasteiger partial charge in [0, 0.05) is 26.4 Å². The molecule has 0 aliphatic carbocycles. The first-order valence-electron chi connectivity index (χ1n) is 4.43. The molecule has 1 amide bonds. The first kappa shape index (κ1) is 9.23. The summed E-state index contributed by atoms with van der Waals surface area (Å²) in [5, 5.41) is 0. The molecule has 1 aliphatic rings. The maximum Gasteiger partial charge on any atom is 0.219 e. The van der Waals surface area contributed by atoms with Crippen molar-refractivity contribution in [3.63, 3.8) is 0 Å². The van der Waals surface area contributed by atoms with Crippen molar-refractivity contribution in [2.75, 3.05) is 13.1 Å². The lowest BCUT2D eigenvalue weighted by molar-refractivity contribution is -0.131. The summed E-state index contributed by atoms with van der Waals surface area (Å²) in [6, 6.07) is 0. The smallest absolute Gasteiger partial charge is 0.219 e. The third-order valence-corrected chi connectivity index (χ3v) is 2.39. The van der Waals surface area contributed by atoms with Crippen LogP contribution in [0.2, 0.25) is 0 Å². The van der Waals surface area contributed by atoms with E-state index in [1.54, 1.807) is 6.92 Å². The molecule has 3 nitrogen and oxygen atoms in total. The lowest BCUT2D eigenvalue weighted by atomic mass is 9.95. The van der Waals surface area contributed by atoms with Crippen LogP contribution in [0.1, 0.15) is 26.2 Å². The molecule has 1 atom stereocenters. The Morgan fingerprint density at radius 2 is 2.42 bits per heavy atom. The summed E-state index contributed by atoms with van der Waals surface area (Å²) >= 11 is 0. The summed E-state index contributed by atoms with van der Waals surface area (Å²) in [6.45, 7) is 3.22. The van der Waals surface area contributed by atoms with E-state index in [0.717, 1.165) is 32.2 Å². The van der Waals surface area contributed by atoms with Gasteiger partial charge in [-0.2, -0.15) is 0 Å². The summed E-state index contributed by atoms with van der Waals surface area (Å²) in [7, 11) is 0. The zero-order valence-corrected chi connectivity index (χ0v) is 7.45. The first-order valence-corrected chi connectivity index (χ1v) is 4.43. The zero-order valence-electron chi connectivity index (χ0n) is 7.45. The number of carbonyl (C=O) groups is 2. The molecule has 12 heavy (non-hydrogen) atoms. The van der Waals surface area contributed by atoms with Gasteiger partial charge in [0.1, 0.15) is 6.29 Å². The van der Waals surface area contributed by atoms with Crippen molar-refractivity contribution in [1.82, 2.24) is 4.90 Å². The van der Waals surface area contributed by atoms with E-state index in [0.29, 0.717) is 12.3 Å². The maximum absolute atomic E-state index is 11.0. The van der Waals surface area contributed by atoms with E-state index in [4.69, 9.17) is 0 Å². The topological polar surface area (TPSA) is 37.4 Å². The molecule has 1 fully saturated rings. The second-order valence-electron chi connectivity index (χ2n) is 3.38. The van der Waals surface area contributed by atoms with Crippen LogP contribution in [0.15, 0.2) is 0 Å². The molecule has 1 aliphatic heterocycles. The second-order valence-corrected chi connectivity index (χ2v) is 3.38. The average molecular weight is 169 g/mol. The van der Waals surface area contributed by atoms with Crippen LogP contribution in [-0.2, 0) is 9.59 Å². The van der Waals surface area contributed by atoms with Crippen LogP contribution in [0.4, 0.5) is 0 Å². The first-order chi connectivity index (χ1) is 5.74. The monoisotopic (exact) mass is 169 g/mol. The zero-order chi connectivity index (χ0) is 8.97. The number of piperidine rings is 1. The van der Waals surface area contributed by atoms with Crippen molar-refractivity contribution >= 4 is 12.2 Å². The van der Waals surface area contributed by atoms with Gasteiger partial charge in [0.25, 0.3) is 0 Å². The van der Waals surface area contributed by atoms with Gasteiger partial charge >= 0.3 is 0 Å². The van der Waals surface area contributed by atoms with Crippen molar-refractivity contribution in [2.45, 2.75) is 26.2 Å². The van der Waals surface area contributed by atoms with Crippen molar-refractivity contribution in [3.05, 3.63) is 0 Å². The Morgan fingerprint density at radius 1 is 1.67 bits per heavy atom. The molecule has 0 aromatic heterocycles. The minimum atomic E-state index is 0.130. The highest BCUT2D eigenvalue weighted by molar-refractivity contribution is 5.73. The molecule has 0 radical (unpaired) electrons. The number of carbonyl (C=O) groups excluding carboxylic acids is 2. The summed E-state index contributed by atoms with van der Waals surface area (Å²) in [4.78, 5) is 23.1. The second kappa shape index (κ2) is 4.24. The van der Waals surface area contributed by atoms with Crippen LogP contribution in [-0.4, -0.2) is 30.2 Å². The Bertz CT molecular complexity index is 179. The van der Waals surface area contributed by atoms with Gasteiger partial charge in [-0.25, -0.2) is 0 Å². The SMILES string of the molecule is CC(=O)N1CCCC(CC=O)C1. The number of hydrogen-bond donors (Lipinski definition) is 0. The molecule has 3 heteroatoms. The van der Waals surface area contributed by atoms with E-state index in [9.17, 15) is 9.59 Å². The molecule has 0 aromatic carbocycles. The van der Waals surface area contributed by atoms with E-state index in [-0.39, 0.29) is 5.91 Å². The van der Waals surface area contributed by atoms with Crippen molar-refractivity contribution in [3.8, 4) is 0 Å². The Hall–Kier alpha value is -0.860. The summed E-state index contributed by atoms with van der Waals surface area (Å²) in [5.41, 5.74) is 0. The average Bonchev–Trinajstić information content (AvgIpc) is 2.05. The van der Waals surface area contributed by atoms with Crippen LogP contribution in [0.25, 0.3) is 0 Å². The molecule has 1 saturated heterocycles. The number of rotatable bonds is 2. The summed E-state index contributed by atoms with van der Waals surface area (Å²) in [5.74, 6) is 0.533. The standard InChI is InChI=1S/C9H15NO2/c1-8(12)10-5-2-3-9(7-10)4-6-11/h6,9H,2-5,7H2,1H3. The Balaban J connectivity index is 2.39. The number of aldehydes is 1. The lowest BCUT2D eigenvalue weighted by Crippen LogP contribution is -2.38. The Morgan fingerprint density at radius 3 is 3.00 bits per heavy atom. The minimum Gasteiger partial charge on any atom is -0.343 e. The number of amides is 1. The van der Waals surface area contributed by atoms with Gasteiger partial charge in [0.05, 0.1) is 0 Å². The van der Waals surface area contributed by atoms with Gasteiger partial charge in [-0.05, 0) is 18.8 Å². The highest BCUT2D eigenvalue weighted by Gasteiger charge is 2.20. The van der Waals surface area contributed by atoms with Gasteiger partial charge in [-0.15, -0.1) is 0 Å². The third-order valence-electron chi connectivity index (χ3n) is 2.39. The van der Waals surface area contributed by atoms with Crippen LogP contribution in [0, 0.1) is 5.92 Å². The quantitative estimate of drug-likeness (QED) is 0.574. The lowest BCUT2D eigenvalue weighted by Gasteiger charge is -2.31. The molecule has 0 bridgehead atoms. The largest absolute Gasteiger partial charge is 0.343 e. The van der Waals surface area contributed by atoms with Gasteiger partial charge in [0.2, 0.25) is 5.91 Å². The highest BCUT2D eigenvalue weighted by atomic mass is 16.2. The van der Waals surface area contributed by atoms with Crippen molar-refractivity contribution in [2.24, 2.45) is 5.92 Å². The molecular formula is C9H15NO2. The molecule has 1 unspecified atom stereocenters. The molecule has 0 saturated carbocycles. The normalized spacial score (nSPS) is 23.8. The van der Waals surface area contributed by atoms with Gasteiger partial charge in [0.15, 0.2) is 0 Å². The van der Waals surface area contributed by atoms with E-state index in [1.807, 2.05) is 4.90 Å². The van der Waals surface area contributed by atoms with Crippen LogP contribution < -0.4 is 0 Å². The van der Waals surface area contributed by atoms with E-state index in [1.165, 1.54) is 0 Å². The summed E-state index contributed by atoms with van der Waals surface area (Å²) < 4.78 is 0. The number of nitrogens with zero attached hydrogens (tertiary/aromatic N) is 1. The van der Waals surface area contributed by atoms with E-state index in [2.05, 4.69) is 0 Å². The van der Waals surface area contributed by atoms with Gasteiger partial charge in [-0.3, -0.25) is 4.79 Å². The number of hydrogen-bond acceptors (Lipinski definition) is 2. The predicted octanol–water partition coefficient (Wildman–Crippen LogP) is 0.834. The van der Waals surface area contributed by atoms with Gasteiger partial charge < -0.3 is 9.69 Å². The number of likely N-dealkylation sites (tertiary alicyclic amines) is 1. The Labute approximate surface area is 72.7 Å². The molecule has 0 N–H and O–H groups in total. The van der Waals surface area contributed by atoms with Gasteiger partial charge in [-0.1, -0.05) is 0 Å². The highest BCUT2D eigenvalue weighted by Crippen LogP contribution is 2.18. The third kappa shape index (κ3) is 2.32.